The lowest BCUT2D eigenvalue weighted by molar-refractivity contribution is 0.618. The van der Waals surface area contributed by atoms with Gasteiger partial charge in [-0.1, -0.05) is 59.9 Å². The maximum absolute atomic E-state index is 13.5. The molecule has 0 amide bonds. The molecule has 3 rings (SSSR count). The quantitative estimate of drug-likeness (QED) is 0.520. The van der Waals surface area contributed by atoms with Crippen molar-refractivity contribution in [2.24, 2.45) is 0 Å². The van der Waals surface area contributed by atoms with Crippen LogP contribution in [-0.4, -0.2) is 0 Å². The van der Waals surface area contributed by atoms with Crippen molar-refractivity contribution in [3.63, 3.8) is 0 Å². The van der Waals surface area contributed by atoms with Crippen molar-refractivity contribution < 1.29 is 4.39 Å². The minimum atomic E-state index is -0.216. The van der Waals surface area contributed by atoms with Crippen LogP contribution in [-0.2, 0) is 0 Å². The molecular formula is C22H17F. The fraction of sp³-hybridized carbons (Fsp3) is 0.0909. The Morgan fingerprint density at radius 1 is 0.652 bits per heavy atom. The van der Waals surface area contributed by atoms with E-state index in [1.54, 1.807) is 13.0 Å². The van der Waals surface area contributed by atoms with Gasteiger partial charge in [-0.3, -0.25) is 0 Å². The highest BCUT2D eigenvalue weighted by atomic mass is 19.1. The van der Waals surface area contributed by atoms with E-state index in [1.165, 1.54) is 17.2 Å². The third-order valence-electron chi connectivity index (χ3n) is 3.79. The first-order valence-electron chi connectivity index (χ1n) is 7.57. The van der Waals surface area contributed by atoms with Gasteiger partial charge in [0.15, 0.2) is 0 Å². The van der Waals surface area contributed by atoms with Crippen LogP contribution in [0.2, 0.25) is 0 Å². The van der Waals surface area contributed by atoms with Crippen molar-refractivity contribution in [1.82, 2.24) is 0 Å². The molecule has 0 aliphatic heterocycles. The molecule has 0 unspecified atom stereocenters. The molecule has 3 aromatic rings. The topological polar surface area (TPSA) is 0 Å². The average Bonchev–Trinajstić information content (AvgIpc) is 2.57. The highest BCUT2D eigenvalue weighted by Crippen LogP contribution is 2.20. The molecular weight excluding hydrogens is 283 g/mol. The number of aryl methyl sites for hydroxylation is 2. The smallest absolute Gasteiger partial charge is 0.127 e. The maximum atomic E-state index is 13.5. The minimum Gasteiger partial charge on any atom is -0.207 e. The molecule has 0 saturated carbocycles. The van der Waals surface area contributed by atoms with E-state index in [4.69, 9.17) is 0 Å². The first-order valence-corrected chi connectivity index (χ1v) is 7.57. The minimum absolute atomic E-state index is 0.216. The predicted octanol–water partition coefficient (Wildman–Crippen LogP) is 5.51. The second-order valence-electron chi connectivity index (χ2n) is 5.66. The first-order chi connectivity index (χ1) is 11.1. The van der Waals surface area contributed by atoms with Gasteiger partial charge in [-0.2, -0.15) is 0 Å². The van der Waals surface area contributed by atoms with Crippen LogP contribution in [0.25, 0.3) is 11.1 Å². The van der Waals surface area contributed by atoms with E-state index >= 15 is 0 Å². The number of hydrogen-bond donors (Lipinski definition) is 0. The van der Waals surface area contributed by atoms with Gasteiger partial charge in [-0.15, -0.1) is 0 Å². The van der Waals surface area contributed by atoms with Crippen LogP contribution >= 0.6 is 0 Å². The van der Waals surface area contributed by atoms with Crippen molar-refractivity contribution in [3.05, 3.63) is 94.8 Å². The molecule has 0 bridgehead atoms. The molecule has 0 aliphatic rings. The van der Waals surface area contributed by atoms with Gasteiger partial charge >= 0.3 is 0 Å². The summed E-state index contributed by atoms with van der Waals surface area (Å²) >= 11 is 0. The van der Waals surface area contributed by atoms with Crippen molar-refractivity contribution in [2.45, 2.75) is 13.8 Å². The molecule has 0 aromatic heterocycles. The SMILES string of the molecule is Cc1ccc(-c2ccc(C#Cc3ccc(C)c(F)c3)cc2)cc1. The molecule has 0 fully saturated rings. The summed E-state index contributed by atoms with van der Waals surface area (Å²) in [7, 11) is 0. The number of halogens is 1. The van der Waals surface area contributed by atoms with Gasteiger partial charge in [-0.25, -0.2) is 4.39 Å². The zero-order chi connectivity index (χ0) is 16.2. The molecule has 0 aliphatic carbocycles. The Hall–Kier alpha value is -2.85. The van der Waals surface area contributed by atoms with E-state index in [0.29, 0.717) is 11.1 Å². The highest BCUT2D eigenvalue weighted by molar-refractivity contribution is 5.64. The summed E-state index contributed by atoms with van der Waals surface area (Å²) in [4.78, 5) is 0. The molecule has 0 atom stereocenters. The van der Waals surface area contributed by atoms with Crippen LogP contribution in [0.15, 0.2) is 66.7 Å². The van der Waals surface area contributed by atoms with Crippen LogP contribution in [0.1, 0.15) is 22.3 Å². The van der Waals surface area contributed by atoms with Crippen LogP contribution in [0.5, 0.6) is 0 Å². The Balaban J connectivity index is 1.81. The summed E-state index contributed by atoms with van der Waals surface area (Å²) in [6.45, 7) is 3.83. The van der Waals surface area contributed by atoms with E-state index in [1.807, 2.05) is 18.2 Å². The third kappa shape index (κ3) is 3.67. The molecule has 0 heterocycles. The molecule has 3 aromatic carbocycles. The average molecular weight is 300 g/mol. The molecule has 1 heteroatoms. The van der Waals surface area contributed by atoms with E-state index < -0.39 is 0 Å². The van der Waals surface area contributed by atoms with Gasteiger partial charge in [0.2, 0.25) is 0 Å². The van der Waals surface area contributed by atoms with Gasteiger partial charge in [0.1, 0.15) is 5.82 Å². The van der Waals surface area contributed by atoms with Crippen molar-refractivity contribution >= 4 is 0 Å². The first kappa shape index (κ1) is 15.1. The molecule has 0 spiro atoms. The van der Waals surface area contributed by atoms with E-state index in [-0.39, 0.29) is 5.82 Å². The van der Waals surface area contributed by atoms with Crippen LogP contribution in [0, 0.1) is 31.5 Å². The number of hydrogen-bond acceptors (Lipinski definition) is 0. The van der Waals surface area contributed by atoms with Gasteiger partial charge in [0, 0.05) is 11.1 Å². The van der Waals surface area contributed by atoms with Crippen molar-refractivity contribution in [2.75, 3.05) is 0 Å². The Kier molecular flexibility index (Phi) is 4.26. The summed E-state index contributed by atoms with van der Waals surface area (Å²) in [5.41, 5.74) is 5.85. The van der Waals surface area contributed by atoms with E-state index in [2.05, 4.69) is 55.2 Å². The monoisotopic (exact) mass is 300 g/mol. The van der Waals surface area contributed by atoms with Crippen LogP contribution < -0.4 is 0 Å². The second-order valence-corrected chi connectivity index (χ2v) is 5.66. The lowest BCUT2D eigenvalue weighted by Crippen LogP contribution is -1.84. The number of benzene rings is 3. The summed E-state index contributed by atoms with van der Waals surface area (Å²) < 4.78 is 13.5. The van der Waals surface area contributed by atoms with Crippen LogP contribution in [0.3, 0.4) is 0 Å². The van der Waals surface area contributed by atoms with E-state index in [9.17, 15) is 4.39 Å². The largest absolute Gasteiger partial charge is 0.207 e. The Labute approximate surface area is 136 Å². The van der Waals surface area contributed by atoms with Crippen molar-refractivity contribution in [1.29, 1.82) is 0 Å². The second kappa shape index (κ2) is 6.50. The summed E-state index contributed by atoms with van der Waals surface area (Å²) in [5, 5.41) is 0. The summed E-state index contributed by atoms with van der Waals surface area (Å²) in [5.74, 6) is 5.87. The lowest BCUT2D eigenvalue weighted by Gasteiger charge is -2.02. The van der Waals surface area contributed by atoms with Crippen molar-refractivity contribution in [3.8, 4) is 23.0 Å². The molecule has 0 N–H and O–H groups in total. The standard InChI is InChI=1S/C22H17F/c1-16-3-11-20(12-4-16)21-13-9-18(10-14-21)7-8-19-6-5-17(2)22(23)15-19/h3-6,9-15H,1-2H3. The normalized spacial score (nSPS) is 10.0. The Bertz CT molecular complexity index is 876. The predicted molar refractivity (Wildman–Crippen MR) is 93.7 cm³/mol. The van der Waals surface area contributed by atoms with Gasteiger partial charge in [0.25, 0.3) is 0 Å². The third-order valence-corrected chi connectivity index (χ3v) is 3.79. The summed E-state index contributed by atoms with van der Waals surface area (Å²) in [6.07, 6.45) is 0. The molecule has 0 radical (unpaired) electrons. The number of rotatable bonds is 1. The van der Waals surface area contributed by atoms with Crippen LogP contribution in [0.4, 0.5) is 4.39 Å². The van der Waals surface area contributed by atoms with E-state index in [0.717, 1.165) is 11.1 Å². The maximum Gasteiger partial charge on any atom is 0.127 e. The fourth-order valence-corrected chi connectivity index (χ4v) is 2.31. The zero-order valence-electron chi connectivity index (χ0n) is 13.2. The summed E-state index contributed by atoms with van der Waals surface area (Å²) in [6, 6.07) is 21.6. The van der Waals surface area contributed by atoms with Gasteiger partial charge in [-0.05, 0) is 54.8 Å². The molecule has 23 heavy (non-hydrogen) atoms. The molecule has 112 valence electrons. The Morgan fingerprint density at radius 3 is 1.78 bits per heavy atom. The molecule has 0 saturated heterocycles. The Morgan fingerprint density at radius 2 is 1.17 bits per heavy atom. The molecule has 0 nitrogen and oxygen atoms in total. The van der Waals surface area contributed by atoms with Gasteiger partial charge in [0.05, 0.1) is 0 Å². The zero-order valence-corrected chi connectivity index (χ0v) is 13.2. The lowest BCUT2D eigenvalue weighted by atomic mass is 10.0. The fourth-order valence-electron chi connectivity index (χ4n) is 2.31. The highest BCUT2D eigenvalue weighted by Gasteiger charge is 1.98. The van der Waals surface area contributed by atoms with Gasteiger partial charge < -0.3 is 0 Å².